The van der Waals surface area contributed by atoms with E-state index in [2.05, 4.69) is 10.3 Å². The molecule has 5 nitrogen and oxygen atoms in total. The summed E-state index contributed by atoms with van der Waals surface area (Å²) in [6, 6.07) is 0. The molecule has 0 saturated heterocycles. The van der Waals surface area contributed by atoms with Gasteiger partial charge in [-0.15, -0.1) is 0 Å². The first-order valence-corrected chi connectivity index (χ1v) is 5.00. The maximum Gasteiger partial charge on any atom is 0.407 e. The fraction of sp³-hybridized carbons (Fsp3) is 0.600. The molecule has 84 valence electrons. The quantitative estimate of drug-likeness (QED) is 0.827. The van der Waals surface area contributed by atoms with Crippen molar-refractivity contribution in [3.05, 3.63) is 17.8 Å². The van der Waals surface area contributed by atoms with Gasteiger partial charge >= 0.3 is 6.09 Å². The van der Waals surface area contributed by atoms with Crippen LogP contribution in [0.2, 0.25) is 0 Å². The molecular weight excluding hydrogens is 196 g/mol. The Balaban J connectivity index is 2.33. The minimum absolute atomic E-state index is 0.124. The van der Waals surface area contributed by atoms with Gasteiger partial charge in [0, 0.05) is 6.42 Å². The fourth-order valence-corrected chi connectivity index (χ4v) is 0.997. The Morgan fingerprint density at radius 3 is 2.93 bits per heavy atom. The number of rotatable bonds is 4. The molecule has 0 saturated carbocycles. The van der Waals surface area contributed by atoms with Gasteiger partial charge in [-0.2, -0.15) is 0 Å². The lowest BCUT2D eigenvalue weighted by atomic mass is 10.4. The zero-order valence-corrected chi connectivity index (χ0v) is 9.24. The number of carbonyl (C=O) groups is 1. The van der Waals surface area contributed by atoms with Crippen LogP contribution in [-0.4, -0.2) is 17.2 Å². The molecule has 1 N–H and O–H groups in total. The van der Waals surface area contributed by atoms with Crippen molar-refractivity contribution in [2.24, 2.45) is 0 Å². The summed E-state index contributed by atoms with van der Waals surface area (Å²) in [5, 5.41) is 2.55. The molecule has 0 aliphatic heterocycles. The number of nitrogens with zero attached hydrogens (tertiary/aromatic N) is 1. The summed E-state index contributed by atoms with van der Waals surface area (Å²) >= 11 is 0. The zero-order chi connectivity index (χ0) is 11.3. The molecule has 0 atom stereocenters. The van der Waals surface area contributed by atoms with Crippen molar-refractivity contribution in [1.29, 1.82) is 0 Å². The van der Waals surface area contributed by atoms with Crippen molar-refractivity contribution in [2.75, 3.05) is 0 Å². The highest BCUT2D eigenvalue weighted by atomic mass is 16.6. The van der Waals surface area contributed by atoms with Gasteiger partial charge in [0.2, 0.25) is 5.89 Å². The average Bonchev–Trinajstić information content (AvgIpc) is 2.61. The highest BCUT2D eigenvalue weighted by molar-refractivity contribution is 5.67. The van der Waals surface area contributed by atoms with E-state index in [0.29, 0.717) is 5.89 Å². The maximum absolute atomic E-state index is 11.1. The van der Waals surface area contributed by atoms with E-state index in [-0.39, 0.29) is 12.6 Å². The number of hydrogen-bond acceptors (Lipinski definition) is 4. The minimum Gasteiger partial charge on any atom is -0.447 e. The Kier molecular flexibility index (Phi) is 4.15. The molecule has 1 aromatic heterocycles. The highest BCUT2D eigenvalue weighted by Gasteiger charge is 2.07. The van der Waals surface area contributed by atoms with Gasteiger partial charge in [0.05, 0.1) is 18.8 Å². The van der Waals surface area contributed by atoms with Gasteiger partial charge in [0.1, 0.15) is 5.76 Å². The van der Waals surface area contributed by atoms with Crippen LogP contribution in [0.15, 0.2) is 10.6 Å². The minimum atomic E-state index is -0.457. The predicted octanol–water partition coefficient (Wildman–Crippen LogP) is 1.87. The van der Waals surface area contributed by atoms with Gasteiger partial charge in [0.15, 0.2) is 0 Å². The molecule has 0 aromatic carbocycles. The Hall–Kier alpha value is -1.52. The molecule has 1 rings (SSSR count). The number of carbonyl (C=O) groups excluding carboxylic acids is 1. The number of nitrogens with one attached hydrogen (secondary N) is 1. The normalized spacial score (nSPS) is 10.4. The van der Waals surface area contributed by atoms with Crippen molar-refractivity contribution in [2.45, 2.75) is 39.8 Å². The number of ether oxygens (including phenoxy) is 1. The van der Waals surface area contributed by atoms with Gasteiger partial charge in [-0.05, 0) is 13.8 Å². The first-order valence-electron chi connectivity index (χ1n) is 5.00. The summed E-state index contributed by atoms with van der Waals surface area (Å²) in [7, 11) is 0. The molecule has 0 bridgehead atoms. The molecule has 1 aromatic rings. The van der Waals surface area contributed by atoms with Crippen LogP contribution in [0, 0.1) is 0 Å². The highest BCUT2D eigenvalue weighted by Crippen LogP contribution is 2.03. The largest absolute Gasteiger partial charge is 0.447 e. The van der Waals surface area contributed by atoms with Gasteiger partial charge in [-0.3, -0.25) is 0 Å². The fourth-order valence-electron chi connectivity index (χ4n) is 0.997. The van der Waals surface area contributed by atoms with Gasteiger partial charge < -0.3 is 14.5 Å². The van der Waals surface area contributed by atoms with Crippen molar-refractivity contribution < 1.29 is 13.9 Å². The van der Waals surface area contributed by atoms with Crippen LogP contribution >= 0.6 is 0 Å². The summed E-state index contributed by atoms with van der Waals surface area (Å²) in [4.78, 5) is 15.1. The first kappa shape index (κ1) is 11.6. The zero-order valence-electron chi connectivity index (χ0n) is 9.24. The number of hydrogen-bond donors (Lipinski definition) is 1. The third-order valence-electron chi connectivity index (χ3n) is 1.68. The van der Waals surface area contributed by atoms with Crippen LogP contribution in [0.4, 0.5) is 4.79 Å². The van der Waals surface area contributed by atoms with Crippen molar-refractivity contribution in [3.63, 3.8) is 0 Å². The SMILES string of the molecule is CCc1cnc(CNC(=O)OC(C)C)o1. The monoisotopic (exact) mass is 212 g/mol. The van der Waals surface area contributed by atoms with E-state index in [4.69, 9.17) is 9.15 Å². The number of amides is 1. The Bertz CT molecular complexity index is 320. The Morgan fingerprint density at radius 1 is 1.67 bits per heavy atom. The van der Waals surface area contributed by atoms with Gasteiger partial charge in [-0.25, -0.2) is 9.78 Å². The molecule has 15 heavy (non-hydrogen) atoms. The van der Waals surface area contributed by atoms with E-state index in [1.165, 1.54) is 0 Å². The molecule has 0 unspecified atom stereocenters. The molecule has 0 aliphatic carbocycles. The third-order valence-corrected chi connectivity index (χ3v) is 1.68. The van der Waals surface area contributed by atoms with Crippen molar-refractivity contribution >= 4 is 6.09 Å². The van der Waals surface area contributed by atoms with E-state index < -0.39 is 6.09 Å². The van der Waals surface area contributed by atoms with E-state index in [1.54, 1.807) is 20.0 Å². The molecule has 0 aliphatic rings. The van der Waals surface area contributed by atoms with Gasteiger partial charge in [0.25, 0.3) is 0 Å². The molecular formula is C10H16N2O3. The molecule has 1 heterocycles. The maximum atomic E-state index is 11.1. The topological polar surface area (TPSA) is 64.4 Å². The summed E-state index contributed by atoms with van der Waals surface area (Å²) in [6.45, 7) is 5.82. The smallest absolute Gasteiger partial charge is 0.407 e. The number of oxazole rings is 1. The van der Waals surface area contributed by atoms with Crippen LogP contribution in [0.5, 0.6) is 0 Å². The average molecular weight is 212 g/mol. The van der Waals surface area contributed by atoms with Crippen LogP contribution in [0.3, 0.4) is 0 Å². The van der Waals surface area contributed by atoms with Gasteiger partial charge in [-0.1, -0.05) is 6.92 Å². The second-order valence-corrected chi connectivity index (χ2v) is 3.38. The summed E-state index contributed by atoms with van der Waals surface area (Å²) in [6.07, 6.45) is 1.87. The molecule has 0 spiro atoms. The van der Waals surface area contributed by atoms with E-state index in [1.807, 2.05) is 6.92 Å². The van der Waals surface area contributed by atoms with Crippen LogP contribution < -0.4 is 5.32 Å². The van der Waals surface area contributed by atoms with E-state index in [9.17, 15) is 4.79 Å². The van der Waals surface area contributed by atoms with Crippen molar-refractivity contribution in [3.8, 4) is 0 Å². The van der Waals surface area contributed by atoms with Crippen LogP contribution in [-0.2, 0) is 17.7 Å². The second kappa shape index (κ2) is 5.38. The summed E-state index contributed by atoms with van der Waals surface area (Å²) < 4.78 is 10.2. The second-order valence-electron chi connectivity index (χ2n) is 3.38. The molecule has 1 amide bonds. The first-order chi connectivity index (χ1) is 7.11. The van der Waals surface area contributed by atoms with Crippen LogP contribution in [0.1, 0.15) is 32.4 Å². The molecule has 5 heteroatoms. The van der Waals surface area contributed by atoms with E-state index in [0.717, 1.165) is 12.2 Å². The lowest BCUT2D eigenvalue weighted by Crippen LogP contribution is -2.26. The molecule has 0 radical (unpaired) electrons. The Morgan fingerprint density at radius 2 is 2.40 bits per heavy atom. The standard InChI is InChI=1S/C10H16N2O3/c1-4-8-5-11-9(15-8)6-12-10(13)14-7(2)3/h5,7H,4,6H2,1-3H3,(H,12,13). The van der Waals surface area contributed by atoms with E-state index >= 15 is 0 Å². The lowest BCUT2D eigenvalue weighted by molar-refractivity contribution is 0.114. The summed E-state index contributed by atoms with van der Waals surface area (Å²) in [5.41, 5.74) is 0. The summed E-state index contributed by atoms with van der Waals surface area (Å²) in [5.74, 6) is 1.30. The number of aromatic nitrogens is 1. The lowest BCUT2D eigenvalue weighted by Gasteiger charge is -2.07. The predicted molar refractivity (Wildman–Crippen MR) is 54.3 cm³/mol. The van der Waals surface area contributed by atoms with Crippen LogP contribution in [0.25, 0.3) is 0 Å². The Labute approximate surface area is 88.8 Å². The number of alkyl carbamates (subject to hydrolysis) is 1. The third kappa shape index (κ3) is 4.01. The number of aryl methyl sites for hydroxylation is 1. The van der Waals surface area contributed by atoms with Crippen molar-refractivity contribution in [1.82, 2.24) is 10.3 Å². The molecule has 0 fully saturated rings.